The van der Waals surface area contributed by atoms with Gasteiger partial charge in [0, 0.05) is 37.3 Å². The van der Waals surface area contributed by atoms with Crippen molar-refractivity contribution in [3.05, 3.63) is 54.1 Å². The molecule has 3 N–H and O–H groups in total. The predicted molar refractivity (Wildman–Crippen MR) is 139 cm³/mol. The predicted octanol–water partition coefficient (Wildman–Crippen LogP) is 4.97. The zero-order chi connectivity index (χ0) is 22.5. The van der Waals surface area contributed by atoms with E-state index in [9.17, 15) is 0 Å². The Morgan fingerprint density at radius 1 is 1.00 bits per heavy atom. The molecule has 32 heavy (non-hydrogen) atoms. The zero-order valence-electron chi connectivity index (χ0n) is 19.1. The van der Waals surface area contributed by atoms with Crippen LogP contribution in [0.3, 0.4) is 0 Å². The van der Waals surface area contributed by atoms with E-state index in [1.165, 1.54) is 5.56 Å². The third-order valence-electron chi connectivity index (χ3n) is 6.00. The van der Waals surface area contributed by atoms with Gasteiger partial charge in [-0.2, -0.15) is 4.98 Å². The molecule has 1 saturated carbocycles. The normalized spacial score (nSPS) is 18.2. The Labute approximate surface area is 195 Å². The largest absolute Gasteiger partial charge is 0.362 e. The number of hydrogen-bond donors (Lipinski definition) is 3. The highest BCUT2D eigenvalue weighted by atomic mass is 32.1. The summed E-state index contributed by atoms with van der Waals surface area (Å²) in [6, 6.07) is 17.3. The first kappa shape index (κ1) is 22.3. The molecule has 4 rings (SSSR count). The van der Waals surface area contributed by atoms with Crippen LogP contribution in [0, 0.1) is 0 Å². The molecule has 0 atom stereocenters. The summed E-state index contributed by atoms with van der Waals surface area (Å²) in [6.45, 7) is 2.16. The van der Waals surface area contributed by atoms with E-state index >= 15 is 0 Å². The second-order valence-corrected chi connectivity index (χ2v) is 9.04. The van der Waals surface area contributed by atoms with E-state index in [-0.39, 0.29) is 0 Å². The molecule has 0 amide bonds. The lowest BCUT2D eigenvalue weighted by molar-refractivity contribution is 0.387. The highest BCUT2D eigenvalue weighted by Crippen LogP contribution is 2.26. The number of fused-ring (bicyclic) bond motifs is 1. The van der Waals surface area contributed by atoms with E-state index in [0.29, 0.717) is 23.1 Å². The molecule has 168 valence electrons. The van der Waals surface area contributed by atoms with Crippen LogP contribution in [0.2, 0.25) is 0 Å². The molecule has 6 nitrogen and oxygen atoms in total. The Kier molecular flexibility index (Phi) is 7.05. The number of aromatic nitrogens is 2. The third kappa shape index (κ3) is 5.46. The van der Waals surface area contributed by atoms with Crippen molar-refractivity contribution in [2.75, 3.05) is 29.6 Å². The number of anilines is 3. The third-order valence-corrected chi connectivity index (χ3v) is 6.22. The van der Waals surface area contributed by atoms with E-state index in [1.807, 2.05) is 37.2 Å². The highest BCUT2D eigenvalue weighted by molar-refractivity contribution is 7.80. The zero-order valence-corrected chi connectivity index (χ0v) is 19.9. The molecule has 3 aromatic rings. The van der Waals surface area contributed by atoms with Gasteiger partial charge in [0.25, 0.3) is 0 Å². The van der Waals surface area contributed by atoms with E-state index in [4.69, 9.17) is 22.2 Å². The fourth-order valence-electron chi connectivity index (χ4n) is 4.25. The van der Waals surface area contributed by atoms with Crippen LogP contribution in [0.15, 0.2) is 48.5 Å². The number of para-hydroxylation sites is 1. The molecule has 2 aromatic carbocycles. The van der Waals surface area contributed by atoms with Crippen molar-refractivity contribution in [1.82, 2.24) is 15.3 Å². The summed E-state index contributed by atoms with van der Waals surface area (Å²) in [5.41, 5.74) is 3.31. The number of hydrogen-bond acceptors (Lipinski definition) is 5. The van der Waals surface area contributed by atoms with Gasteiger partial charge < -0.3 is 20.9 Å². The highest BCUT2D eigenvalue weighted by Gasteiger charge is 2.23. The number of nitrogens with one attached hydrogen (secondary N) is 3. The lowest BCUT2D eigenvalue weighted by Crippen LogP contribution is -2.42. The minimum absolute atomic E-state index is 0.368. The van der Waals surface area contributed by atoms with Crippen LogP contribution in [0.4, 0.5) is 17.5 Å². The summed E-state index contributed by atoms with van der Waals surface area (Å²) >= 11 is 5.55. The standard InChI is InChI=1S/C25H32N6S/c1-4-17-8-7-9-20(16-17)28-25(32)27-19-14-12-18(13-15-19)26-24-29-22-11-6-5-10-21(22)23(30-24)31(2)3/h5-11,16,18-19H,4,12-15H2,1-3H3,(H,26,29,30)(H2,27,28,32). The number of nitrogens with zero attached hydrogens (tertiary/aromatic N) is 3. The second kappa shape index (κ2) is 10.1. The Hall–Kier alpha value is -2.93. The maximum atomic E-state index is 5.55. The van der Waals surface area contributed by atoms with Crippen molar-refractivity contribution in [3.8, 4) is 0 Å². The second-order valence-electron chi connectivity index (χ2n) is 8.63. The van der Waals surface area contributed by atoms with Crippen LogP contribution in [-0.2, 0) is 6.42 Å². The van der Waals surface area contributed by atoms with Crippen LogP contribution >= 0.6 is 12.2 Å². The van der Waals surface area contributed by atoms with Crippen molar-refractivity contribution in [2.45, 2.75) is 51.1 Å². The Balaban J connectivity index is 1.31. The first-order valence-corrected chi connectivity index (χ1v) is 11.8. The lowest BCUT2D eigenvalue weighted by Gasteiger charge is -2.30. The molecule has 0 radical (unpaired) electrons. The Bertz CT molecular complexity index is 1070. The summed E-state index contributed by atoms with van der Waals surface area (Å²) in [5, 5.41) is 12.2. The van der Waals surface area contributed by atoms with Crippen LogP contribution in [0.5, 0.6) is 0 Å². The van der Waals surface area contributed by atoms with Gasteiger partial charge in [-0.05, 0) is 74.2 Å². The number of rotatable bonds is 6. The molecule has 0 saturated heterocycles. The lowest BCUT2D eigenvalue weighted by atomic mass is 9.91. The molecule has 0 aliphatic heterocycles. The average Bonchev–Trinajstić information content (AvgIpc) is 2.80. The SMILES string of the molecule is CCc1cccc(NC(=S)NC2CCC(Nc3nc(N(C)C)c4ccccc4n3)CC2)c1. The monoisotopic (exact) mass is 448 g/mol. The molecule has 7 heteroatoms. The van der Waals surface area contributed by atoms with Crippen molar-refractivity contribution >= 4 is 45.7 Å². The maximum Gasteiger partial charge on any atom is 0.225 e. The van der Waals surface area contributed by atoms with Crippen molar-refractivity contribution in [3.63, 3.8) is 0 Å². The van der Waals surface area contributed by atoms with E-state index in [0.717, 1.165) is 54.5 Å². The fourth-order valence-corrected chi connectivity index (χ4v) is 4.54. The van der Waals surface area contributed by atoms with Crippen LogP contribution in [0.25, 0.3) is 10.9 Å². The Morgan fingerprint density at radius 2 is 1.75 bits per heavy atom. The molecule has 0 bridgehead atoms. The first-order valence-electron chi connectivity index (χ1n) is 11.4. The smallest absolute Gasteiger partial charge is 0.225 e. The topological polar surface area (TPSA) is 65.1 Å². The molecule has 1 aromatic heterocycles. The quantitative estimate of drug-likeness (QED) is 0.460. The molecule has 1 heterocycles. The van der Waals surface area contributed by atoms with Crippen LogP contribution in [-0.4, -0.2) is 41.3 Å². The first-order chi connectivity index (χ1) is 15.5. The van der Waals surface area contributed by atoms with Crippen molar-refractivity contribution in [1.29, 1.82) is 0 Å². The van der Waals surface area contributed by atoms with Gasteiger partial charge in [0.2, 0.25) is 5.95 Å². The van der Waals surface area contributed by atoms with Gasteiger partial charge in [-0.15, -0.1) is 0 Å². The van der Waals surface area contributed by atoms with Gasteiger partial charge in [-0.3, -0.25) is 0 Å². The van der Waals surface area contributed by atoms with Gasteiger partial charge >= 0.3 is 0 Å². The molecule has 1 aliphatic rings. The number of aryl methyl sites for hydroxylation is 1. The van der Waals surface area contributed by atoms with Gasteiger partial charge in [0.1, 0.15) is 5.82 Å². The van der Waals surface area contributed by atoms with Crippen molar-refractivity contribution in [2.24, 2.45) is 0 Å². The summed E-state index contributed by atoms with van der Waals surface area (Å²) < 4.78 is 0. The Morgan fingerprint density at radius 3 is 2.50 bits per heavy atom. The molecular weight excluding hydrogens is 416 g/mol. The average molecular weight is 449 g/mol. The van der Waals surface area contributed by atoms with Gasteiger partial charge in [0.15, 0.2) is 5.11 Å². The molecule has 1 aliphatic carbocycles. The molecule has 1 fully saturated rings. The van der Waals surface area contributed by atoms with Gasteiger partial charge in [-0.1, -0.05) is 31.2 Å². The summed E-state index contributed by atoms with van der Waals surface area (Å²) in [7, 11) is 4.04. The van der Waals surface area contributed by atoms with E-state index in [1.54, 1.807) is 0 Å². The molecule has 0 unspecified atom stereocenters. The summed E-state index contributed by atoms with van der Waals surface area (Å²) in [5.74, 6) is 1.65. The van der Waals surface area contributed by atoms with Gasteiger partial charge in [-0.25, -0.2) is 4.98 Å². The van der Waals surface area contributed by atoms with Crippen LogP contribution < -0.4 is 20.9 Å². The number of benzene rings is 2. The molecular formula is C25H32N6S. The van der Waals surface area contributed by atoms with Crippen molar-refractivity contribution < 1.29 is 0 Å². The van der Waals surface area contributed by atoms with Crippen LogP contribution in [0.1, 0.15) is 38.2 Å². The van der Waals surface area contributed by atoms with E-state index < -0.39 is 0 Å². The fraction of sp³-hybridized carbons (Fsp3) is 0.400. The maximum absolute atomic E-state index is 5.55. The minimum Gasteiger partial charge on any atom is -0.362 e. The van der Waals surface area contributed by atoms with E-state index in [2.05, 4.69) is 53.2 Å². The molecule has 0 spiro atoms. The number of thiocarbonyl (C=S) groups is 1. The summed E-state index contributed by atoms with van der Waals surface area (Å²) in [6.07, 6.45) is 5.24. The summed E-state index contributed by atoms with van der Waals surface area (Å²) in [4.78, 5) is 11.6. The minimum atomic E-state index is 0.368. The van der Waals surface area contributed by atoms with Gasteiger partial charge in [0.05, 0.1) is 5.52 Å².